The van der Waals surface area contributed by atoms with Crippen molar-refractivity contribution in [3.05, 3.63) is 23.7 Å². The molecule has 2 rings (SSSR count). The van der Waals surface area contributed by atoms with Gasteiger partial charge in [0.25, 0.3) is 5.91 Å². The Balaban J connectivity index is 0.00000264. The van der Waals surface area contributed by atoms with E-state index in [2.05, 4.69) is 37.7 Å². The summed E-state index contributed by atoms with van der Waals surface area (Å²) in [6.07, 6.45) is 0. The molecule has 6 heteroatoms. The molecule has 132 valence electrons. The predicted octanol–water partition coefficient (Wildman–Crippen LogP) is 2.42. The average Bonchev–Trinajstić information content (AvgIpc) is 3.05. The van der Waals surface area contributed by atoms with Gasteiger partial charge in [-0.05, 0) is 38.1 Å². The maximum Gasteiger partial charge on any atom is 0.289 e. The molecule has 2 heterocycles. The van der Waals surface area contributed by atoms with E-state index in [4.69, 9.17) is 4.42 Å². The van der Waals surface area contributed by atoms with Crippen molar-refractivity contribution in [1.82, 2.24) is 14.7 Å². The first-order valence-corrected chi connectivity index (χ1v) is 7.98. The van der Waals surface area contributed by atoms with Crippen molar-refractivity contribution in [2.24, 2.45) is 11.8 Å². The second kappa shape index (κ2) is 8.18. The number of carbonyl (C=O) groups is 1. The summed E-state index contributed by atoms with van der Waals surface area (Å²) in [6, 6.07) is 4.28. The van der Waals surface area contributed by atoms with Crippen LogP contribution < -0.4 is 0 Å². The Morgan fingerprint density at radius 2 is 1.91 bits per heavy atom. The van der Waals surface area contributed by atoms with Gasteiger partial charge in [-0.3, -0.25) is 9.69 Å². The summed E-state index contributed by atoms with van der Waals surface area (Å²) in [4.78, 5) is 18.2. The zero-order valence-corrected chi connectivity index (χ0v) is 15.9. The molecule has 0 radical (unpaired) electrons. The maximum absolute atomic E-state index is 11.9. The van der Waals surface area contributed by atoms with Gasteiger partial charge in [-0.15, -0.1) is 12.4 Å². The number of nitrogens with zero attached hydrogens (tertiary/aromatic N) is 3. The third-order valence-electron chi connectivity index (χ3n) is 4.59. The molecule has 2 atom stereocenters. The quantitative estimate of drug-likeness (QED) is 0.823. The Morgan fingerprint density at radius 3 is 2.39 bits per heavy atom. The highest BCUT2D eigenvalue weighted by atomic mass is 35.5. The molecule has 1 aromatic rings. The van der Waals surface area contributed by atoms with Crippen LogP contribution in [0, 0.1) is 11.8 Å². The lowest BCUT2D eigenvalue weighted by Crippen LogP contribution is -2.37. The fraction of sp³-hybridized carbons (Fsp3) is 0.706. The van der Waals surface area contributed by atoms with Crippen LogP contribution in [0.3, 0.4) is 0 Å². The lowest BCUT2D eigenvalue weighted by atomic mass is 9.91. The number of carbonyl (C=O) groups excluding carboxylic acids is 1. The lowest BCUT2D eigenvalue weighted by Gasteiger charge is -2.27. The Morgan fingerprint density at radius 1 is 1.26 bits per heavy atom. The highest BCUT2D eigenvalue weighted by molar-refractivity contribution is 5.91. The second-order valence-electron chi connectivity index (χ2n) is 7.10. The van der Waals surface area contributed by atoms with E-state index in [1.54, 1.807) is 20.2 Å². The largest absolute Gasteiger partial charge is 0.455 e. The number of rotatable bonds is 5. The lowest BCUT2D eigenvalue weighted by molar-refractivity contribution is 0.0793. The molecule has 1 aliphatic heterocycles. The predicted molar refractivity (Wildman–Crippen MR) is 95.1 cm³/mol. The summed E-state index contributed by atoms with van der Waals surface area (Å²) in [5, 5.41) is 0. The van der Waals surface area contributed by atoms with Gasteiger partial charge in [-0.25, -0.2) is 0 Å². The number of likely N-dealkylation sites (tertiary alicyclic amines) is 1. The van der Waals surface area contributed by atoms with Gasteiger partial charge in [0.15, 0.2) is 5.76 Å². The zero-order valence-electron chi connectivity index (χ0n) is 15.1. The van der Waals surface area contributed by atoms with Crippen LogP contribution in [0.25, 0.3) is 0 Å². The summed E-state index contributed by atoms with van der Waals surface area (Å²) in [6.45, 7) is 7.50. The minimum absolute atomic E-state index is 0. The van der Waals surface area contributed by atoms with Crippen molar-refractivity contribution in [3.8, 4) is 0 Å². The van der Waals surface area contributed by atoms with Gasteiger partial charge in [0.05, 0.1) is 6.54 Å². The monoisotopic (exact) mass is 343 g/mol. The third kappa shape index (κ3) is 4.72. The zero-order chi connectivity index (χ0) is 16.4. The molecule has 0 aliphatic carbocycles. The minimum Gasteiger partial charge on any atom is -0.455 e. The number of amides is 1. The van der Waals surface area contributed by atoms with Crippen molar-refractivity contribution in [2.75, 3.05) is 41.3 Å². The van der Waals surface area contributed by atoms with E-state index < -0.39 is 0 Å². The molecule has 0 aromatic carbocycles. The molecule has 0 spiro atoms. The fourth-order valence-electron chi connectivity index (χ4n) is 3.24. The normalized spacial score (nSPS) is 21.7. The van der Waals surface area contributed by atoms with Crippen LogP contribution >= 0.6 is 12.4 Å². The summed E-state index contributed by atoms with van der Waals surface area (Å²) in [7, 11) is 7.79. The summed E-state index contributed by atoms with van der Waals surface area (Å²) < 4.78 is 5.71. The van der Waals surface area contributed by atoms with Crippen LogP contribution in [0.2, 0.25) is 0 Å². The fourth-order valence-corrected chi connectivity index (χ4v) is 3.24. The van der Waals surface area contributed by atoms with E-state index in [9.17, 15) is 4.79 Å². The molecule has 0 N–H and O–H groups in total. The van der Waals surface area contributed by atoms with E-state index in [0.717, 1.165) is 25.4 Å². The molecule has 0 unspecified atom stereocenters. The third-order valence-corrected chi connectivity index (χ3v) is 4.59. The van der Waals surface area contributed by atoms with Crippen molar-refractivity contribution in [3.63, 3.8) is 0 Å². The van der Waals surface area contributed by atoms with Gasteiger partial charge in [0, 0.05) is 33.2 Å². The van der Waals surface area contributed by atoms with Crippen LogP contribution in [0.15, 0.2) is 16.5 Å². The number of hydrogen-bond acceptors (Lipinski definition) is 4. The van der Waals surface area contributed by atoms with Crippen molar-refractivity contribution in [2.45, 2.75) is 26.4 Å². The maximum atomic E-state index is 11.9. The van der Waals surface area contributed by atoms with E-state index in [0.29, 0.717) is 23.6 Å². The van der Waals surface area contributed by atoms with Gasteiger partial charge in [0.2, 0.25) is 0 Å². The van der Waals surface area contributed by atoms with Crippen molar-refractivity contribution >= 4 is 18.3 Å². The van der Waals surface area contributed by atoms with Gasteiger partial charge < -0.3 is 14.2 Å². The Hall–Kier alpha value is -1.04. The molecule has 1 amide bonds. The molecule has 1 aliphatic rings. The molecule has 1 fully saturated rings. The van der Waals surface area contributed by atoms with Crippen molar-refractivity contribution < 1.29 is 9.21 Å². The number of hydrogen-bond donors (Lipinski definition) is 0. The van der Waals surface area contributed by atoms with E-state index in [1.807, 2.05) is 6.07 Å². The highest BCUT2D eigenvalue weighted by Gasteiger charge is 2.36. The number of likely N-dealkylation sites (N-methyl/N-ethyl adjacent to an activating group) is 1. The van der Waals surface area contributed by atoms with Gasteiger partial charge in [-0.1, -0.05) is 13.8 Å². The molecular formula is C17H30ClN3O2. The summed E-state index contributed by atoms with van der Waals surface area (Å²) >= 11 is 0. The molecule has 1 saturated heterocycles. The molecule has 23 heavy (non-hydrogen) atoms. The molecule has 1 aromatic heterocycles. The molecular weight excluding hydrogens is 314 g/mol. The minimum atomic E-state index is -0.0844. The highest BCUT2D eigenvalue weighted by Crippen LogP contribution is 2.28. The van der Waals surface area contributed by atoms with Crippen LogP contribution in [0.1, 0.15) is 30.2 Å². The van der Waals surface area contributed by atoms with E-state index in [1.165, 1.54) is 4.90 Å². The Labute approximate surface area is 146 Å². The van der Waals surface area contributed by atoms with Gasteiger partial charge in [-0.2, -0.15) is 0 Å². The van der Waals surface area contributed by atoms with Crippen LogP contribution in [-0.2, 0) is 6.54 Å². The number of halogens is 1. The first-order chi connectivity index (χ1) is 10.3. The Kier molecular flexibility index (Phi) is 7.11. The van der Waals surface area contributed by atoms with Crippen molar-refractivity contribution in [1.29, 1.82) is 0 Å². The van der Waals surface area contributed by atoms with Crippen LogP contribution in [0.5, 0.6) is 0 Å². The van der Waals surface area contributed by atoms with Crippen LogP contribution in [-0.4, -0.2) is 67.9 Å². The SMILES string of the molecule is CC(C)[C@H]1CN(Cc2ccc(C(=O)N(C)C)o2)C[C@@H]1N(C)C.Cl. The standard InChI is InChI=1S/C17H29N3O2.ClH/c1-12(2)14-10-20(11-15(14)18(3)4)9-13-7-8-16(22-13)17(21)19(5)6;/h7-8,12,14-15H,9-11H2,1-6H3;1H/t14-,15+;/m1./s1. The summed E-state index contributed by atoms with van der Waals surface area (Å²) in [5.41, 5.74) is 0. The van der Waals surface area contributed by atoms with Crippen LogP contribution in [0.4, 0.5) is 0 Å². The molecule has 0 saturated carbocycles. The average molecular weight is 344 g/mol. The van der Waals surface area contributed by atoms with E-state index >= 15 is 0 Å². The van der Waals surface area contributed by atoms with Gasteiger partial charge in [0.1, 0.15) is 5.76 Å². The smallest absolute Gasteiger partial charge is 0.289 e. The summed E-state index contributed by atoms with van der Waals surface area (Å²) in [5.74, 6) is 2.54. The number of furan rings is 1. The van der Waals surface area contributed by atoms with Gasteiger partial charge >= 0.3 is 0 Å². The molecule has 5 nitrogen and oxygen atoms in total. The first kappa shape index (κ1) is 20.0. The topological polar surface area (TPSA) is 39.9 Å². The molecule has 0 bridgehead atoms. The second-order valence-corrected chi connectivity index (χ2v) is 7.10. The van der Waals surface area contributed by atoms with E-state index in [-0.39, 0.29) is 18.3 Å². The Bertz CT molecular complexity index is 498. The first-order valence-electron chi connectivity index (χ1n) is 7.98.